The van der Waals surface area contributed by atoms with E-state index in [1.807, 2.05) is 12.1 Å². The lowest BCUT2D eigenvalue weighted by molar-refractivity contribution is 0.559. The van der Waals surface area contributed by atoms with Crippen LogP contribution in [0.1, 0.15) is 6.92 Å². The molecule has 2 aliphatic heterocycles. The van der Waals surface area contributed by atoms with E-state index in [4.69, 9.17) is 9.97 Å². The maximum absolute atomic E-state index is 5.36. The molecule has 2 unspecified atom stereocenters. The number of hydrogen-bond acceptors (Lipinski definition) is 4. The molecule has 17 rings (SSSR count). The first kappa shape index (κ1) is 52.0. The van der Waals surface area contributed by atoms with Gasteiger partial charge in [0.2, 0.25) is 6.71 Å². The molecule has 0 N–H and O–H groups in total. The highest BCUT2D eigenvalue weighted by atomic mass is 15.2. The number of fused-ring (bicyclic) bond motifs is 7. The van der Waals surface area contributed by atoms with Gasteiger partial charge in [-0.3, -0.25) is 0 Å². The number of para-hydroxylation sites is 2. The van der Waals surface area contributed by atoms with E-state index in [1.54, 1.807) is 0 Å². The Hall–Kier alpha value is -11.3. The van der Waals surface area contributed by atoms with E-state index >= 15 is 0 Å². The van der Waals surface area contributed by atoms with E-state index in [9.17, 15) is 0 Å². The van der Waals surface area contributed by atoms with Crippen LogP contribution in [-0.2, 0) is 0 Å². The van der Waals surface area contributed by atoms with Crippen molar-refractivity contribution in [2.24, 2.45) is 0 Å². The smallest absolute Gasteiger partial charge is 0.227 e. The summed E-state index contributed by atoms with van der Waals surface area (Å²) < 4.78 is 2.47. The van der Waals surface area contributed by atoms with Crippen LogP contribution in [0.4, 0.5) is 28.4 Å². The molecule has 3 aliphatic rings. The van der Waals surface area contributed by atoms with Gasteiger partial charge in [0, 0.05) is 61.5 Å². The van der Waals surface area contributed by atoms with Gasteiger partial charge < -0.3 is 14.4 Å². The molecule has 0 amide bonds. The Morgan fingerprint density at radius 1 is 0.360 bits per heavy atom. The van der Waals surface area contributed by atoms with Crippen LogP contribution in [0.2, 0.25) is 5.82 Å². The highest BCUT2D eigenvalue weighted by molar-refractivity contribution is 6.91. The minimum Gasteiger partial charge on any atom is -0.333 e. The minimum absolute atomic E-state index is 0.158. The predicted molar refractivity (Wildman–Crippen MR) is 373 cm³/mol. The quantitative estimate of drug-likeness (QED) is 0.128. The summed E-state index contributed by atoms with van der Waals surface area (Å²) in [7, 11) is 0. The van der Waals surface area contributed by atoms with Crippen LogP contribution in [0.15, 0.2) is 328 Å². The summed E-state index contributed by atoms with van der Waals surface area (Å²) in [5, 5.41) is 2.39. The zero-order chi connectivity index (χ0) is 59.0. The summed E-state index contributed by atoms with van der Waals surface area (Å²) in [5.74, 6) is 0.846. The molecule has 2 atom stereocenters. The summed E-state index contributed by atoms with van der Waals surface area (Å²) in [4.78, 5) is 15.6. The number of benzene rings is 12. The van der Waals surface area contributed by atoms with Crippen molar-refractivity contribution in [3.63, 3.8) is 0 Å². The van der Waals surface area contributed by atoms with Crippen molar-refractivity contribution in [1.82, 2.24) is 14.5 Å². The lowest BCUT2D eigenvalue weighted by atomic mass is 9.27. The summed E-state index contributed by atoms with van der Waals surface area (Å²) in [6, 6.07) is 110. The monoisotopic (exact) mass is 1140 g/mol. The average Bonchev–Trinajstić information content (AvgIpc) is 1.24. The second kappa shape index (κ2) is 21.3. The summed E-state index contributed by atoms with van der Waals surface area (Å²) in [6.07, 6.45) is 9.39. The second-order valence-corrected chi connectivity index (χ2v) is 23.8. The number of hydrogen-bond donors (Lipinski definition) is 0. The Morgan fingerprint density at radius 2 is 0.854 bits per heavy atom. The van der Waals surface area contributed by atoms with Crippen molar-refractivity contribution < 1.29 is 0 Å². The van der Waals surface area contributed by atoms with E-state index < -0.39 is 0 Å². The molecular weight excluding hydrogens is 1080 g/mol. The maximum atomic E-state index is 5.36. The number of rotatable bonds is 10. The molecule has 418 valence electrons. The van der Waals surface area contributed by atoms with E-state index in [-0.39, 0.29) is 18.1 Å². The van der Waals surface area contributed by atoms with Gasteiger partial charge in [-0.25, -0.2) is 9.97 Å². The molecule has 0 saturated carbocycles. The Morgan fingerprint density at radius 3 is 1.53 bits per heavy atom. The van der Waals surface area contributed by atoms with Crippen LogP contribution >= 0.6 is 0 Å². The zero-order valence-corrected chi connectivity index (χ0v) is 49.1. The van der Waals surface area contributed by atoms with Gasteiger partial charge >= 0.3 is 0 Å². The molecule has 0 saturated heterocycles. The van der Waals surface area contributed by atoms with Crippen LogP contribution in [-0.4, -0.2) is 26.8 Å². The van der Waals surface area contributed by atoms with Crippen molar-refractivity contribution in [3.8, 4) is 84.1 Å². The largest absolute Gasteiger partial charge is 0.333 e. The van der Waals surface area contributed by atoms with Gasteiger partial charge in [-0.15, -0.1) is 0 Å². The van der Waals surface area contributed by atoms with E-state index in [0.29, 0.717) is 5.82 Å². The van der Waals surface area contributed by atoms with Crippen molar-refractivity contribution in [3.05, 3.63) is 328 Å². The number of aromatic nitrogens is 3. The molecular formula is C83H58BN5. The summed E-state index contributed by atoms with van der Waals surface area (Å²) in [5.41, 5.74) is 25.6. The SMILES string of the molecule is CC12C=CC=CC1B1c3ccccc3N(c3ccccc3)c3cccc(c31)N2c1cccc(-c2ccc(-c3cc(-c4cc(-c5ccccc5)nc(-c5ccccc5)n4)ccc3-n3c4ccc(-c5ccccc5)cc4c4cc(-c5ccccc5)ccc43)cc2)c1. The molecule has 0 bridgehead atoms. The summed E-state index contributed by atoms with van der Waals surface area (Å²) >= 11 is 0. The van der Waals surface area contributed by atoms with Crippen molar-refractivity contribution in [2.75, 3.05) is 9.80 Å². The van der Waals surface area contributed by atoms with Gasteiger partial charge in [0.15, 0.2) is 5.82 Å². The van der Waals surface area contributed by atoms with Crippen molar-refractivity contribution in [1.29, 1.82) is 0 Å². The molecule has 4 heterocycles. The number of allylic oxidation sites excluding steroid dienone is 2. The van der Waals surface area contributed by atoms with E-state index in [2.05, 4.69) is 337 Å². The molecule has 5 nitrogen and oxygen atoms in total. The number of nitrogens with zero attached hydrogens (tertiary/aromatic N) is 5. The molecule has 14 aromatic rings. The van der Waals surface area contributed by atoms with Crippen LogP contribution in [0.25, 0.3) is 106 Å². The van der Waals surface area contributed by atoms with Crippen LogP contribution in [0.3, 0.4) is 0 Å². The second-order valence-electron chi connectivity index (χ2n) is 23.8. The van der Waals surface area contributed by atoms with Crippen LogP contribution in [0, 0.1) is 0 Å². The minimum atomic E-state index is -0.372. The fourth-order valence-electron chi connectivity index (χ4n) is 14.6. The molecule has 0 spiro atoms. The van der Waals surface area contributed by atoms with E-state index in [1.165, 1.54) is 61.0 Å². The Kier molecular flexibility index (Phi) is 12.4. The van der Waals surface area contributed by atoms with Crippen molar-refractivity contribution in [2.45, 2.75) is 18.3 Å². The lowest BCUT2D eigenvalue weighted by Crippen LogP contribution is -2.65. The molecule has 6 heteroatoms. The molecule has 12 aromatic carbocycles. The zero-order valence-electron chi connectivity index (χ0n) is 49.1. The normalized spacial score (nSPS) is 15.5. The Bertz CT molecular complexity index is 4950. The highest BCUT2D eigenvalue weighted by Crippen LogP contribution is 2.53. The first-order valence-electron chi connectivity index (χ1n) is 30.8. The van der Waals surface area contributed by atoms with Gasteiger partial charge in [-0.1, -0.05) is 243 Å². The average molecular weight is 1140 g/mol. The van der Waals surface area contributed by atoms with Crippen molar-refractivity contribution >= 4 is 67.9 Å². The lowest BCUT2D eigenvalue weighted by Gasteiger charge is -2.55. The third-order valence-corrected chi connectivity index (χ3v) is 18.7. The van der Waals surface area contributed by atoms with Gasteiger partial charge in [0.25, 0.3) is 0 Å². The van der Waals surface area contributed by atoms with Crippen LogP contribution in [0.5, 0.6) is 0 Å². The molecule has 1 aliphatic carbocycles. The Labute approximate surface area is 519 Å². The van der Waals surface area contributed by atoms with Gasteiger partial charge in [0.1, 0.15) is 0 Å². The molecule has 2 aromatic heterocycles. The van der Waals surface area contributed by atoms with Gasteiger partial charge in [-0.05, 0) is 148 Å². The topological polar surface area (TPSA) is 37.2 Å². The third-order valence-electron chi connectivity index (χ3n) is 18.7. The molecule has 0 fully saturated rings. The van der Waals surface area contributed by atoms with E-state index in [0.717, 1.165) is 78.4 Å². The molecule has 0 radical (unpaired) electrons. The van der Waals surface area contributed by atoms with Crippen LogP contribution < -0.4 is 20.7 Å². The Balaban J connectivity index is 0.827. The highest BCUT2D eigenvalue weighted by Gasteiger charge is 2.54. The third kappa shape index (κ3) is 8.78. The summed E-state index contributed by atoms with van der Waals surface area (Å²) in [6.45, 7) is 2.59. The van der Waals surface area contributed by atoms with Gasteiger partial charge in [-0.2, -0.15) is 0 Å². The first-order valence-corrected chi connectivity index (χ1v) is 30.8. The fourth-order valence-corrected chi connectivity index (χ4v) is 14.6. The van der Waals surface area contributed by atoms with Gasteiger partial charge in [0.05, 0.1) is 33.6 Å². The number of anilines is 5. The fraction of sp³-hybridized carbons (Fsp3) is 0.0361. The first-order chi connectivity index (χ1) is 44.0. The maximum Gasteiger partial charge on any atom is 0.227 e. The molecule has 89 heavy (non-hydrogen) atoms. The predicted octanol–water partition coefficient (Wildman–Crippen LogP) is 20.0. The standard InChI is InChI=1S/C83H58BN5/c1-83-50-20-19-39-80(83)84-71-35-17-18-36-77(71)87(66-32-15-6-16-33-66)78-37-22-38-79(81(78)84)89(83)67-34-21-31-62(51-67)58-40-42-59(43-41-58)68-54-65(73-55-72(60-27-11-4-12-28-60)85-82(86-73)61-29-13-5-14-30-61)46-49-74(68)88-75-47-44-63(56-23-7-2-8-24-56)52-69(75)70-53-64(45-48-76(70)88)57-25-9-3-10-26-57/h2-55,80H,1H3.